The number of esters is 1. The fourth-order valence-electron chi connectivity index (χ4n) is 1.19. The summed E-state index contributed by atoms with van der Waals surface area (Å²) in [5, 5.41) is 6.83. The molecule has 0 spiro atoms. The average molecular weight is 215 g/mol. The van der Waals surface area contributed by atoms with Gasteiger partial charge in [-0.15, -0.1) is 0 Å². The quantitative estimate of drug-likeness (QED) is 0.736. The Morgan fingerprint density at radius 1 is 1.73 bits per heavy atom. The Labute approximate surface area is 87.2 Å². The lowest BCUT2D eigenvalue weighted by molar-refractivity contribution is -0.138. The van der Waals surface area contributed by atoms with Gasteiger partial charge in [-0.1, -0.05) is 0 Å². The molecule has 0 unspecified atom stereocenters. The van der Waals surface area contributed by atoms with Crippen molar-refractivity contribution >= 4 is 11.8 Å². The predicted octanol–water partition coefficient (Wildman–Crippen LogP) is 0.746. The largest absolute Gasteiger partial charge is 0.468 e. The number of ether oxygens (including phenoxy) is 1. The normalized spacial score (nSPS) is 10.1. The molecule has 0 bridgehead atoms. The van der Waals surface area contributed by atoms with Crippen LogP contribution in [-0.4, -0.2) is 36.1 Å². The number of alkyl halides is 1. The zero-order valence-electron chi connectivity index (χ0n) is 8.79. The van der Waals surface area contributed by atoms with E-state index in [0.29, 0.717) is 5.82 Å². The van der Waals surface area contributed by atoms with Gasteiger partial charge in [-0.25, -0.2) is 9.07 Å². The van der Waals surface area contributed by atoms with Gasteiger partial charge in [0.2, 0.25) is 0 Å². The molecule has 1 N–H and O–H groups in total. The van der Waals surface area contributed by atoms with Gasteiger partial charge in [-0.2, -0.15) is 5.10 Å². The van der Waals surface area contributed by atoms with Gasteiger partial charge in [0.05, 0.1) is 19.9 Å². The van der Waals surface area contributed by atoms with Crippen LogP contribution in [-0.2, 0) is 16.1 Å². The van der Waals surface area contributed by atoms with Crippen molar-refractivity contribution in [1.82, 2.24) is 9.78 Å². The molecule has 0 fully saturated rings. The lowest BCUT2D eigenvalue weighted by Gasteiger charge is -2.08. The molecule has 0 aliphatic heterocycles. The van der Waals surface area contributed by atoms with E-state index in [2.05, 4.69) is 15.2 Å². The number of anilines is 1. The summed E-state index contributed by atoms with van der Waals surface area (Å²) >= 11 is 0. The first-order valence-electron chi connectivity index (χ1n) is 4.58. The minimum Gasteiger partial charge on any atom is -0.468 e. The van der Waals surface area contributed by atoms with Gasteiger partial charge < -0.3 is 10.1 Å². The molecule has 1 rings (SSSR count). The van der Waals surface area contributed by atoms with E-state index in [-0.39, 0.29) is 19.1 Å². The lowest BCUT2D eigenvalue weighted by atomic mass is 10.3. The summed E-state index contributed by atoms with van der Waals surface area (Å²) in [7, 11) is 1.32. The summed E-state index contributed by atoms with van der Waals surface area (Å²) in [4.78, 5) is 10.9. The molecule has 0 atom stereocenters. The average Bonchev–Trinajstić information content (AvgIpc) is 2.57. The summed E-state index contributed by atoms with van der Waals surface area (Å²) in [6, 6.07) is 0. The zero-order chi connectivity index (χ0) is 11.3. The molecule has 1 aromatic heterocycles. The second-order valence-electron chi connectivity index (χ2n) is 3.02. The summed E-state index contributed by atoms with van der Waals surface area (Å²) in [6.07, 6.45) is 1.62. The molecule has 1 aromatic rings. The van der Waals surface area contributed by atoms with Gasteiger partial charge in [0.1, 0.15) is 19.0 Å². The van der Waals surface area contributed by atoms with Gasteiger partial charge in [0, 0.05) is 5.56 Å². The Morgan fingerprint density at radius 2 is 2.47 bits per heavy atom. The zero-order valence-corrected chi connectivity index (χ0v) is 8.79. The maximum absolute atomic E-state index is 12.2. The number of carbonyl (C=O) groups is 1. The summed E-state index contributed by atoms with van der Waals surface area (Å²) in [5.74, 6) is 0.278. The van der Waals surface area contributed by atoms with Crippen molar-refractivity contribution in [3.63, 3.8) is 0 Å². The number of hydrogen-bond donors (Lipinski definition) is 1. The Bertz CT molecular complexity index is 338. The smallest absolute Gasteiger partial charge is 0.325 e. The van der Waals surface area contributed by atoms with E-state index < -0.39 is 6.67 Å². The molecule has 0 aliphatic carbocycles. The molecule has 0 amide bonds. The van der Waals surface area contributed by atoms with Gasteiger partial charge in [-0.05, 0) is 6.92 Å². The van der Waals surface area contributed by atoms with Crippen LogP contribution in [0.4, 0.5) is 10.2 Å². The molecule has 0 saturated heterocycles. The lowest BCUT2D eigenvalue weighted by Crippen LogP contribution is -2.18. The van der Waals surface area contributed by atoms with E-state index in [0.717, 1.165) is 5.56 Å². The van der Waals surface area contributed by atoms with Gasteiger partial charge in [0.15, 0.2) is 0 Å². The summed E-state index contributed by atoms with van der Waals surface area (Å²) in [6.45, 7) is 1.57. The van der Waals surface area contributed by atoms with Crippen LogP contribution in [0.3, 0.4) is 0 Å². The van der Waals surface area contributed by atoms with Crippen molar-refractivity contribution in [1.29, 1.82) is 0 Å². The molecular formula is C9H14FN3O2. The van der Waals surface area contributed by atoms with Crippen LogP contribution in [0.5, 0.6) is 0 Å². The Morgan fingerprint density at radius 3 is 3.07 bits per heavy atom. The van der Waals surface area contributed by atoms with Crippen molar-refractivity contribution in [2.24, 2.45) is 0 Å². The highest BCUT2D eigenvalue weighted by atomic mass is 19.1. The van der Waals surface area contributed by atoms with Crippen molar-refractivity contribution in [3.8, 4) is 0 Å². The third-order valence-electron chi connectivity index (χ3n) is 1.95. The molecule has 0 aromatic carbocycles. The topological polar surface area (TPSA) is 56.1 Å². The molecular weight excluding hydrogens is 201 g/mol. The first-order chi connectivity index (χ1) is 7.19. The number of aromatic nitrogens is 2. The second-order valence-corrected chi connectivity index (χ2v) is 3.02. The fourth-order valence-corrected chi connectivity index (χ4v) is 1.19. The minimum atomic E-state index is -0.492. The number of carbonyl (C=O) groups excluding carboxylic acids is 1. The first kappa shape index (κ1) is 11.5. The van der Waals surface area contributed by atoms with Gasteiger partial charge >= 0.3 is 5.97 Å². The van der Waals surface area contributed by atoms with Crippen molar-refractivity contribution in [3.05, 3.63) is 11.8 Å². The number of methoxy groups -OCH3 is 1. The van der Waals surface area contributed by atoms with Crippen LogP contribution in [0, 0.1) is 6.92 Å². The number of rotatable bonds is 5. The molecule has 15 heavy (non-hydrogen) atoms. The van der Waals surface area contributed by atoms with Crippen LogP contribution in [0.25, 0.3) is 0 Å². The molecule has 0 aliphatic rings. The number of halogens is 1. The third-order valence-corrected chi connectivity index (χ3v) is 1.95. The van der Waals surface area contributed by atoms with Gasteiger partial charge in [-0.3, -0.25) is 4.79 Å². The number of aryl methyl sites for hydroxylation is 2. The van der Waals surface area contributed by atoms with Crippen LogP contribution >= 0.6 is 0 Å². The van der Waals surface area contributed by atoms with Gasteiger partial charge in [0.25, 0.3) is 0 Å². The highest BCUT2D eigenvalue weighted by Crippen LogP contribution is 2.13. The number of nitrogens with zero attached hydrogens (tertiary/aromatic N) is 2. The maximum Gasteiger partial charge on any atom is 0.325 e. The van der Waals surface area contributed by atoms with E-state index in [1.165, 1.54) is 11.8 Å². The molecule has 0 saturated carbocycles. The SMILES string of the molecule is COC(=O)CNc1c(C)cnn1CCF. The van der Waals surface area contributed by atoms with Crippen LogP contribution in [0.2, 0.25) is 0 Å². The number of nitrogens with one attached hydrogen (secondary N) is 1. The molecule has 0 radical (unpaired) electrons. The van der Waals surface area contributed by atoms with E-state index in [1.807, 2.05) is 6.92 Å². The van der Waals surface area contributed by atoms with E-state index in [4.69, 9.17) is 0 Å². The second kappa shape index (κ2) is 5.33. The Kier molecular flexibility index (Phi) is 4.08. The Balaban J connectivity index is 2.65. The van der Waals surface area contributed by atoms with Crippen LogP contribution in [0.1, 0.15) is 5.56 Å². The van der Waals surface area contributed by atoms with Crippen molar-refractivity contribution in [2.75, 3.05) is 25.6 Å². The monoisotopic (exact) mass is 215 g/mol. The maximum atomic E-state index is 12.2. The molecule has 84 valence electrons. The van der Waals surface area contributed by atoms with E-state index in [9.17, 15) is 9.18 Å². The third kappa shape index (κ3) is 2.93. The minimum absolute atomic E-state index is 0.0509. The Hall–Kier alpha value is -1.59. The highest BCUT2D eigenvalue weighted by Gasteiger charge is 2.08. The van der Waals surface area contributed by atoms with E-state index >= 15 is 0 Å². The molecule has 5 nitrogen and oxygen atoms in total. The predicted molar refractivity (Wildman–Crippen MR) is 53.4 cm³/mol. The number of hydrogen-bond acceptors (Lipinski definition) is 4. The van der Waals surface area contributed by atoms with Crippen molar-refractivity contribution < 1.29 is 13.9 Å². The standard InChI is InChI=1S/C9H14FN3O2/c1-7-5-12-13(4-3-10)9(7)11-6-8(14)15-2/h5,11H,3-4,6H2,1-2H3. The fraction of sp³-hybridized carbons (Fsp3) is 0.556. The van der Waals surface area contributed by atoms with Crippen molar-refractivity contribution in [2.45, 2.75) is 13.5 Å². The van der Waals surface area contributed by atoms with E-state index in [1.54, 1.807) is 6.20 Å². The summed E-state index contributed by atoms with van der Waals surface area (Å²) < 4.78 is 18.1. The van der Waals surface area contributed by atoms with Crippen LogP contribution < -0.4 is 5.32 Å². The summed E-state index contributed by atoms with van der Waals surface area (Å²) in [5.41, 5.74) is 0.868. The molecule has 6 heteroatoms. The molecule has 1 heterocycles. The van der Waals surface area contributed by atoms with Crippen LogP contribution in [0.15, 0.2) is 6.20 Å². The highest BCUT2D eigenvalue weighted by molar-refractivity contribution is 5.74. The first-order valence-corrected chi connectivity index (χ1v) is 4.58.